The predicted molar refractivity (Wildman–Crippen MR) is 86.2 cm³/mol. The first-order valence-corrected chi connectivity index (χ1v) is 7.94. The highest BCUT2D eigenvalue weighted by molar-refractivity contribution is 6.31. The first-order valence-electron chi connectivity index (χ1n) is 7.57. The van der Waals surface area contributed by atoms with E-state index in [4.69, 9.17) is 17.3 Å². The van der Waals surface area contributed by atoms with Crippen LogP contribution in [0.3, 0.4) is 0 Å². The number of benzene rings is 1. The molecule has 126 valence electrons. The van der Waals surface area contributed by atoms with Gasteiger partial charge in [0.1, 0.15) is 5.82 Å². The van der Waals surface area contributed by atoms with Gasteiger partial charge in [0, 0.05) is 36.1 Å². The van der Waals surface area contributed by atoms with Gasteiger partial charge in [-0.2, -0.15) is 0 Å². The van der Waals surface area contributed by atoms with E-state index < -0.39 is 0 Å². The molecule has 5 nitrogen and oxygen atoms in total. The number of hydrogen-bond acceptors (Lipinski definition) is 3. The van der Waals surface area contributed by atoms with Gasteiger partial charge in [-0.15, -0.1) is 0 Å². The minimum absolute atomic E-state index is 0.0390. The van der Waals surface area contributed by atoms with Crippen molar-refractivity contribution in [2.75, 3.05) is 26.7 Å². The zero-order valence-corrected chi connectivity index (χ0v) is 13.9. The quantitative estimate of drug-likeness (QED) is 0.885. The average molecular weight is 342 g/mol. The molecule has 0 aliphatic carbocycles. The third-order valence-electron chi connectivity index (χ3n) is 4.14. The minimum Gasteiger partial charge on any atom is -0.369 e. The molecule has 1 aromatic carbocycles. The van der Waals surface area contributed by atoms with Crippen LogP contribution in [0.2, 0.25) is 5.02 Å². The summed E-state index contributed by atoms with van der Waals surface area (Å²) in [6.45, 7) is 1.49. The zero-order chi connectivity index (χ0) is 17.0. The Morgan fingerprint density at radius 2 is 2.04 bits per heavy atom. The van der Waals surface area contributed by atoms with Gasteiger partial charge in [0.05, 0.1) is 6.54 Å². The molecule has 1 aliphatic heterocycles. The van der Waals surface area contributed by atoms with E-state index in [1.807, 2.05) is 0 Å². The molecule has 2 amide bonds. The largest absolute Gasteiger partial charge is 0.369 e. The fourth-order valence-corrected chi connectivity index (χ4v) is 2.98. The third-order valence-corrected chi connectivity index (χ3v) is 4.50. The first kappa shape index (κ1) is 17.7. The number of halogens is 2. The molecule has 1 aliphatic rings. The summed E-state index contributed by atoms with van der Waals surface area (Å²) in [6, 6.07) is 4.53. The van der Waals surface area contributed by atoms with Gasteiger partial charge < -0.3 is 10.6 Å². The summed E-state index contributed by atoms with van der Waals surface area (Å²) in [6.07, 6.45) is 1.20. The summed E-state index contributed by atoms with van der Waals surface area (Å²) in [4.78, 5) is 26.9. The third kappa shape index (κ3) is 4.65. The second kappa shape index (κ2) is 7.75. The lowest BCUT2D eigenvalue weighted by molar-refractivity contribution is -0.135. The van der Waals surface area contributed by atoms with Gasteiger partial charge in [0.15, 0.2) is 0 Å². The van der Waals surface area contributed by atoms with Crippen LogP contribution in [0.25, 0.3) is 0 Å². The van der Waals surface area contributed by atoms with Crippen molar-refractivity contribution < 1.29 is 14.0 Å². The van der Waals surface area contributed by atoms with E-state index in [0.29, 0.717) is 36.5 Å². The van der Waals surface area contributed by atoms with E-state index in [2.05, 4.69) is 0 Å². The fraction of sp³-hybridized carbons (Fsp3) is 0.500. The molecule has 1 aromatic rings. The van der Waals surface area contributed by atoms with Crippen LogP contribution in [-0.4, -0.2) is 48.3 Å². The molecule has 23 heavy (non-hydrogen) atoms. The van der Waals surface area contributed by atoms with Crippen LogP contribution in [-0.2, 0) is 16.1 Å². The molecule has 1 fully saturated rings. The van der Waals surface area contributed by atoms with E-state index in [1.54, 1.807) is 29.0 Å². The lowest BCUT2D eigenvalue weighted by Crippen LogP contribution is -2.45. The van der Waals surface area contributed by atoms with Gasteiger partial charge in [0.25, 0.3) is 0 Å². The van der Waals surface area contributed by atoms with Gasteiger partial charge >= 0.3 is 0 Å². The number of carbonyl (C=O) groups is 2. The molecular formula is C16H21ClFN3O2. The molecule has 7 heteroatoms. The number of amides is 2. The summed E-state index contributed by atoms with van der Waals surface area (Å²) in [5.74, 6) is -0.862. The minimum atomic E-state index is -0.376. The number of nitrogens with zero attached hydrogens (tertiary/aromatic N) is 2. The molecule has 0 aromatic heterocycles. The van der Waals surface area contributed by atoms with Crippen molar-refractivity contribution >= 4 is 23.4 Å². The SMILES string of the molecule is CN(CC(=O)N1CCC(C(N)=O)CC1)Cc1c(F)cccc1Cl. The summed E-state index contributed by atoms with van der Waals surface area (Å²) < 4.78 is 13.8. The van der Waals surface area contributed by atoms with Crippen molar-refractivity contribution in [2.45, 2.75) is 19.4 Å². The molecule has 2 rings (SSSR count). The lowest BCUT2D eigenvalue weighted by Gasteiger charge is -2.31. The van der Waals surface area contributed by atoms with Crippen LogP contribution in [0.5, 0.6) is 0 Å². The molecule has 0 saturated carbocycles. The number of nitrogens with two attached hydrogens (primary N) is 1. The summed E-state index contributed by atoms with van der Waals surface area (Å²) in [5.41, 5.74) is 5.67. The Morgan fingerprint density at radius 3 is 2.61 bits per heavy atom. The van der Waals surface area contributed by atoms with Crippen molar-refractivity contribution in [1.82, 2.24) is 9.80 Å². The fourth-order valence-electron chi connectivity index (χ4n) is 2.75. The Balaban J connectivity index is 1.87. The van der Waals surface area contributed by atoms with Crippen LogP contribution < -0.4 is 5.73 Å². The molecule has 0 atom stereocenters. The number of carbonyl (C=O) groups excluding carboxylic acids is 2. The van der Waals surface area contributed by atoms with Crippen LogP contribution in [0, 0.1) is 11.7 Å². The van der Waals surface area contributed by atoms with Crippen LogP contribution in [0.1, 0.15) is 18.4 Å². The molecule has 2 N–H and O–H groups in total. The second-order valence-electron chi connectivity index (χ2n) is 5.93. The number of piperidine rings is 1. The molecule has 0 spiro atoms. The van der Waals surface area contributed by atoms with Gasteiger partial charge in [-0.1, -0.05) is 17.7 Å². The summed E-state index contributed by atoms with van der Waals surface area (Å²) in [5, 5.41) is 0.353. The van der Waals surface area contributed by atoms with Crippen LogP contribution in [0.15, 0.2) is 18.2 Å². The van der Waals surface area contributed by atoms with E-state index in [1.165, 1.54) is 6.07 Å². The number of hydrogen-bond donors (Lipinski definition) is 1. The van der Waals surface area contributed by atoms with E-state index in [0.717, 1.165) is 0 Å². The molecule has 0 unspecified atom stereocenters. The number of likely N-dealkylation sites (tertiary alicyclic amines) is 1. The van der Waals surface area contributed by atoms with Crippen LogP contribution in [0.4, 0.5) is 4.39 Å². The van der Waals surface area contributed by atoms with E-state index in [-0.39, 0.29) is 36.6 Å². The first-order chi connectivity index (χ1) is 10.9. The maximum Gasteiger partial charge on any atom is 0.236 e. The van der Waals surface area contributed by atoms with Crippen molar-refractivity contribution in [1.29, 1.82) is 0 Å². The zero-order valence-electron chi connectivity index (χ0n) is 13.1. The Kier molecular flexibility index (Phi) is 5.96. The highest BCUT2D eigenvalue weighted by Gasteiger charge is 2.26. The van der Waals surface area contributed by atoms with Crippen molar-refractivity contribution in [3.8, 4) is 0 Å². The monoisotopic (exact) mass is 341 g/mol. The summed E-state index contributed by atoms with van der Waals surface area (Å²) in [7, 11) is 1.75. The highest BCUT2D eigenvalue weighted by Crippen LogP contribution is 2.21. The van der Waals surface area contributed by atoms with Gasteiger partial charge in [0.2, 0.25) is 11.8 Å². The van der Waals surface area contributed by atoms with Crippen molar-refractivity contribution in [2.24, 2.45) is 11.7 Å². The van der Waals surface area contributed by atoms with Crippen molar-refractivity contribution in [3.63, 3.8) is 0 Å². The Labute approximate surface area is 140 Å². The average Bonchev–Trinajstić information content (AvgIpc) is 2.51. The Bertz CT molecular complexity index is 568. The molecule has 1 heterocycles. The number of likely N-dealkylation sites (N-methyl/N-ethyl adjacent to an activating group) is 1. The summed E-state index contributed by atoms with van der Waals surface area (Å²) >= 11 is 6.00. The molecule has 0 bridgehead atoms. The normalized spacial score (nSPS) is 15.9. The van der Waals surface area contributed by atoms with E-state index in [9.17, 15) is 14.0 Å². The maximum absolute atomic E-state index is 13.8. The van der Waals surface area contributed by atoms with E-state index >= 15 is 0 Å². The lowest BCUT2D eigenvalue weighted by atomic mass is 9.96. The van der Waals surface area contributed by atoms with Gasteiger partial charge in [-0.25, -0.2) is 4.39 Å². The second-order valence-corrected chi connectivity index (χ2v) is 6.34. The maximum atomic E-state index is 13.8. The Morgan fingerprint density at radius 1 is 1.39 bits per heavy atom. The topological polar surface area (TPSA) is 66.6 Å². The highest BCUT2D eigenvalue weighted by atomic mass is 35.5. The van der Waals surface area contributed by atoms with Gasteiger partial charge in [-0.05, 0) is 32.0 Å². The van der Waals surface area contributed by atoms with Crippen molar-refractivity contribution in [3.05, 3.63) is 34.6 Å². The standard InChI is InChI=1S/C16H21ClFN3O2/c1-20(9-12-13(17)3-2-4-14(12)18)10-15(22)21-7-5-11(6-8-21)16(19)23/h2-4,11H,5-10H2,1H3,(H2,19,23). The smallest absolute Gasteiger partial charge is 0.236 e. The Hall–Kier alpha value is -1.66. The molecular weight excluding hydrogens is 321 g/mol. The molecule has 0 radical (unpaired) electrons. The predicted octanol–water partition coefficient (Wildman–Crippen LogP) is 1.63. The van der Waals surface area contributed by atoms with Crippen LogP contribution >= 0.6 is 11.6 Å². The van der Waals surface area contributed by atoms with Gasteiger partial charge in [-0.3, -0.25) is 14.5 Å². The molecule has 1 saturated heterocycles. The number of rotatable bonds is 5. The number of primary amides is 1.